The lowest BCUT2D eigenvalue weighted by Crippen LogP contribution is -2.26. The van der Waals surface area contributed by atoms with Gasteiger partial charge in [-0.2, -0.15) is 0 Å². The summed E-state index contributed by atoms with van der Waals surface area (Å²) in [6.07, 6.45) is 6.83. The highest BCUT2D eigenvalue weighted by Crippen LogP contribution is 2.31. The van der Waals surface area contributed by atoms with Crippen molar-refractivity contribution in [3.63, 3.8) is 0 Å². The molecule has 1 aromatic carbocycles. The lowest BCUT2D eigenvalue weighted by atomic mass is 10.0. The van der Waals surface area contributed by atoms with Crippen LogP contribution in [0, 0.1) is 25.2 Å². The molecule has 0 spiro atoms. The molecule has 1 unspecified atom stereocenters. The van der Waals surface area contributed by atoms with Crippen LogP contribution in [0.1, 0.15) is 24.5 Å². The number of terminal acetylenes is 1. The largest absolute Gasteiger partial charge is 0.311 e. The summed E-state index contributed by atoms with van der Waals surface area (Å²) in [5.41, 5.74) is 3.43. The zero-order valence-corrected chi connectivity index (χ0v) is 10.4. The smallest absolute Gasteiger partial charge is 0.228 e. The van der Waals surface area contributed by atoms with E-state index in [-0.39, 0.29) is 11.8 Å². The molecule has 1 atom stereocenters. The number of amides is 1. The number of benzene rings is 1. The Bertz CT molecular complexity index is 484. The first kappa shape index (κ1) is 11.7. The molecule has 88 valence electrons. The SMILES string of the molecule is C#CC1CC(=O)N(c2c(C)cccc2CC)C1. The molecular formula is C15H17NO. The van der Waals surface area contributed by atoms with Crippen LogP contribution < -0.4 is 4.90 Å². The van der Waals surface area contributed by atoms with E-state index in [9.17, 15) is 4.79 Å². The molecule has 17 heavy (non-hydrogen) atoms. The van der Waals surface area contributed by atoms with Crippen LogP contribution in [0.2, 0.25) is 0 Å². The predicted octanol–water partition coefficient (Wildman–Crippen LogP) is 2.54. The Morgan fingerprint density at radius 3 is 2.88 bits per heavy atom. The molecule has 0 radical (unpaired) electrons. The third kappa shape index (κ3) is 2.06. The number of para-hydroxylation sites is 1. The van der Waals surface area contributed by atoms with E-state index >= 15 is 0 Å². The summed E-state index contributed by atoms with van der Waals surface area (Å²) in [6, 6.07) is 6.17. The number of hydrogen-bond acceptors (Lipinski definition) is 1. The number of aryl methyl sites for hydroxylation is 2. The van der Waals surface area contributed by atoms with Crippen molar-refractivity contribution in [2.24, 2.45) is 5.92 Å². The maximum atomic E-state index is 12.0. The van der Waals surface area contributed by atoms with Crippen molar-refractivity contribution in [1.82, 2.24) is 0 Å². The first-order chi connectivity index (χ1) is 8.17. The van der Waals surface area contributed by atoms with Crippen LogP contribution in [0.3, 0.4) is 0 Å². The minimum absolute atomic E-state index is 0.0619. The predicted molar refractivity (Wildman–Crippen MR) is 69.9 cm³/mol. The molecule has 2 heteroatoms. The van der Waals surface area contributed by atoms with Crippen molar-refractivity contribution in [3.8, 4) is 12.3 Å². The third-order valence-corrected chi connectivity index (χ3v) is 3.33. The number of rotatable bonds is 2. The average molecular weight is 227 g/mol. The monoisotopic (exact) mass is 227 g/mol. The van der Waals surface area contributed by atoms with Gasteiger partial charge in [0.2, 0.25) is 5.91 Å². The van der Waals surface area contributed by atoms with Gasteiger partial charge in [-0.25, -0.2) is 0 Å². The zero-order chi connectivity index (χ0) is 12.4. The number of hydrogen-bond donors (Lipinski definition) is 0. The Kier molecular flexibility index (Phi) is 3.19. The second kappa shape index (κ2) is 4.63. The van der Waals surface area contributed by atoms with E-state index in [1.165, 1.54) is 5.56 Å². The van der Waals surface area contributed by atoms with Gasteiger partial charge in [-0.05, 0) is 24.5 Å². The van der Waals surface area contributed by atoms with Crippen molar-refractivity contribution in [3.05, 3.63) is 29.3 Å². The molecule has 1 amide bonds. The maximum Gasteiger partial charge on any atom is 0.228 e. The van der Waals surface area contributed by atoms with Crippen LogP contribution in [-0.4, -0.2) is 12.5 Å². The fraction of sp³-hybridized carbons (Fsp3) is 0.400. The Labute approximate surface area is 103 Å². The number of anilines is 1. The van der Waals surface area contributed by atoms with E-state index in [1.54, 1.807) is 0 Å². The molecular weight excluding hydrogens is 210 g/mol. The summed E-state index contributed by atoms with van der Waals surface area (Å²) in [7, 11) is 0. The van der Waals surface area contributed by atoms with E-state index in [0.29, 0.717) is 13.0 Å². The first-order valence-electron chi connectivity index (χ1n) is 6.02. The molecule has 0 saturated carbocycles. The molecule has 1 saturated heterocycles. The Morgan fingerprint density at radius 1 is 1.53 bits per heavy atom. The highest BCUT2D eigenvalue weighted by molar-refractivity contribution is 5.97. The van der Waals surface area contributed by atoms with Crippen LogP contribution in [0.5, 0.6) is 0 Å². The molecule has 1 fully saturated rings. The number of carbonyl (C=O) groups excluding carboxylic acids is 1. The molecule has 0 aliphatic carbocycles. The van der Waals surface area contributed by atoms with E-state index in [2.05, 4.69) is 18.9 Å². The highest BCUT2D eigenvalue weighted by atomic mass is 16.2. The maximum absolute atomic E-state index is 12.0. The van der Waals surface area contributed by atoms with Crippen LogP contribution in [0.4, 0.5) is 5.69 Å². The van der Waals surface area contributed by atoms with Gasteiger partial charge in [0.25, 0.3) is 0 Å². The van der Waals surface area contributed by atoms with Gasteiger partial charge in [0.05, 0.1) is 0 Å². The molecule has 0 aromatic heterocycles. The van der Waals surface area contributed by atoms with E-state index in [0.717, 1.165) is 17.7 Å². The quantitative estimate of drug-likeness (QED) is 0.711. The van der Waals surface area contributed by atoms with Crippen molar-refractivity contribution < 1.29 is 4.79 Å². The summed E-state index contributed by atoms with van der Waals surface area (Å²) in [5.74, 6) is 2.90. The highest BCUT2D eigenvalue weighted by Gasteiger charge is 2.31. The fourth-order valence-electron chi connectivity index (χ4n) is 2.43. The van der Waals surface area contributed by atoms with Gasteiger partial charge < -0.3 is 4.90 Å². The molecule has 1 aromatic rings. The summed E-state index contributed by atoms with van der Waals surface area (Å²) in [5, 5.41) is 0. The van der Waals surface area contributed by atoms with Crippen molar-refractivity contribution in [1.29, 1.82) is 0 Å². The Balaban J connectivity index is 2.41. The van der Waals surface area contributed by atoms with Crippen LogP contribution in [0.25, 0.3) is 0 Å². The van der Waals surface area contributed by atoms with Gasteiger partial charge in [-0.15, -0.1) is 12.3 Å². The lowest BCUT2D eigenvalue weighted by molar-refractivity contribution is -0.117. The molecule has 1 aliphatic rings. The van der Waals surface area contributed by atoms with Gasteiger partial charge in [0, 0.05) is 24.6 Å². The Morgan fingerprint density at radius 2 is 2.29 bits per heavy atom. The summed E-state index contributed by atoms with van der Waals surface area (Å²) >= 11 is 0. The number of nitrogens with zero attached hydrogens (tertiary/aromatic N) is 1. The number of carbonyl (C=O) groups is 1. The summed E-state index contributed by atoms with van der Waals surface area (Å²) < 4.78 is 0. The van der Waals surface area contributed by atoms with Gasteiger partial charge in [0.15, 0.2) is 0 Å². The molecule has 0 N–H and O–H groups in total. The van der Waals surface area contributed by atoms with Gasteiger partial charge >= 0.3 is 0 Å². The lowest BCUT2D eigenvalue weighted by Gasteiger charge is -2.22. The second-order valence-electron chi connectivity index (χ2n) is 4.51. The molecule has 0 bridgehead atoms. The van der Waals surface area contributed by atoms with Crippen LogP contribution in [-0.2, 0) is 11.2 Å². The molecule has 1 heterocycles. The molecule has 2 rings (SSSR count). The van der Waals surface area contributed by atoms with Gasteiger partial charge in [-0.1, -0.05) is 25.1 Å². The normalized spacial score (nSPS) is 19.5. The second-order valence-corrected chi connectivity index (χ2v) is 4.51. The van der Waals surface area contributed by atoms with Crippen molar-refractivity contribution in [2.75, 3.05) is 11.4 Å². The minimum Gasteiger partial charge on any atom is -0.311 e. The zero-order valence-electron chi connectivity index (χ0n) is 10.4. The Hall–Kier alpha value is -1.75. The fourth-order valence-corrected chi connectivity index (χ4v) is 2.43. The third-order valence-electron chi connectivity index (χ3n) is 3.33. The van der Waals surface area contributed by atoms with Gasteiger partial charge in [0.1, 0.15) is 0 Å². The summed E-state index contributed by atoms with van der Waals surface area (Å²) in [4.78, 5) is 13.9. The van der Waals surface area contributed by atoms with E-state index in [4.69, 9.17) is 6.42 Å². The molecule has 2 nitrogen and oxygen atoms in total. The average Bonchev–Trinajstić information content (AvgIpc) is 2.70. The minimum atomic E-state index is 0.0619. The molecule has 1 aliphatic heterocycles. The van der Waals surface area contributed by atoms with Crippen molar-refractivity contribution >= 4 is 11.6 Å². The van der Waals surface area contributed by atoms with Crippen LogP contribution >= 0.6 is 0 Å². The van der Waals surface area contributed by atoms with Gasteiger partial charge in [-0.3, -0.25) is 4.79 Å². The first-order valence-corrected chi connectivity index (χ1v) is 6.02. The summed E-state index contributed by atoms with van der Waals surface area (Å²) in [6.45, 7) is 4.82. The van der Waals surface area contributed by atoms with Crippen molar-refractivity contribution in [2.45, 2.75) is 26.7 Å². The van der Waals surface area contributed by atoms with E-state index in [1.807, 2.05) is 24.0 Å². The standard InChI is InChI=1S/C15H17NO/c1-4-12-9-14(17)16(10-12)15-11(3)7-6-8-13(15)5-2/h1,6-8,12H,5,9-10H2,2-3H3. The topological polar surface area (TPSA) is 20.3 Å². The van der Waals surface area contributed by atoms with E-state index < -0.39 is 0 Å². The van der Waals surface area contributed by atoms with Crippen LogP contribution in [0.15, 0.2) is 18.2 Å².